The van der Waals surface area contributed by atoms with Gasteiger partial charge in [-0.15, -0.1) is 10.2 Å². The van der Waals surface area contributed by atoms with E-state index in [0.717, 1.165) is 13.8 Å². The van der Waals surface area contributed by atoms with Crippen molar-refractivity contribution in [3.8, 4) is 16.9 Å². The van der Waals surface area contributed by atoms with Gasteiger partial charge in [-0.25, -0.2) is 4.98 Å². The third kappa shape index (κ3) is 4.62. The molecular weight excluding hydrogens is 455 g/mol. The van der Waals surface area contributed by atoms with Crippen LogP contribution in [0.5, 0.6) is 5.75 Å². The highest BCUT2D eigenvalue weighted by atomic mass is 35.5. The lowest BCUT2D eigenvalue weighted by atomic mass is 9.94. The third-order valence-corrected chi connectivity index (χ3v) is 5.89. The second kappa shape index (κ2) is 8.39. The summed E-state index contributed by atoms with van der Waals surface area (Å²) in [6.45, 7) is 3.75. The van der Waals surface area contributed by atoms with Crippen molar-refractivity contribution in [3.63, 3.8) is 0 Å². The van der Waals surface area contributed by atoms with Crippen LogP contribution in [-0.2, 0) is 5.41 Å². The average Bonchev–Trinajstić information content (AvgIpc) is 3.16. The van der Waals surface area contributed by atoms with E-state index in [9.17, 15) is 18.0 Å². The highest BCUT2D eigenvalue weighted by molar-refractivity contribution is 7.15. The van der Waals surface area contributed by atoms with E-state index >= 15 is 0 Å². The molecule has 7 nitrogen and oxygen atoms in total. The smallest absolute Gasteiger partial charge is 0.400 e. The summed E-state index contributed by atoms with van der Waals surface area (Å²) >= 11 is 6.67. The number of carbonyl (C=O) groups excluding carboxylic acids is 1. The molecule has 3 heterocycles. The van der Waals surface area contributed by atoms with Gasteiger partial charge in [-0.2, -0.15) is 13.2 Å². The quantitative estimate of drug-likeness (QED) is 0.523. The predicted molar refractivity (Wildman–Crippen MR) is 111 cm³/mol. The van der Waals surface area contributed by atoms with E-state index in [1.165, 1.54) is 19.5 Å². The van der Waals surface area contributed by atoms with Crippen LogP contribution in [0.25, 0.3) is 11.1 Å². The van der Waals surface area contributed by atoms with E-state index in [0.29, 0.717) is 33.9 Å². The predicted octanol–water partition coefficient (Wildman–Crippen LogP) is 5.06. The Labute approximate surface area is 184 Å². The summed E-state index contributed by atoms with van der Waals surface area (Å²) in [6.07, 6.45) is -1.74. The Kier molecular flexibility index (Phi) is 6.19. The molecule has 12 heteroatoms. The van der Waals surface area contributed by atoms with Crippen LogP contribution in [0.15, 0.2) is 24.5 Å². The first-order chi connectivity index (χ1) is 14.4. The second-order valence-electron chi connectivity index (χ2n) is 7.07. The van der Waals surface area contributed by atoms with Gasteiger partial charge in [0.15, 0.2) is 0 Å². The number of alkyl halides is 3. The lowest BCUT2D eigenvalue weighted by Gasteiger charge is -2.24. The number of anilines is 1. The Morgan fingerprint density at radius 2 is 1.84 bits per heavy atom. The van der Waals surface area contributed by atoms with Crippen molar-refractivity contribution in [1.82, 2.24) is 20.2 Å². The number of ether oxygens (including phenoxy) is 1. The molecule has 0 bridgehead atoms. The van der Waals surface area contributed by atoms with Crippen molar-refractivity contribution >= 4 is 34.0 Å². The van der Waals surface area contributed by atoms with E-state index in [4.69, 9.17) is 16.3 Å². The third-order valence-electron chi connectivity index (χ3n) is 4.52. The van der Waals surface area contributed by atoms with Crippen LogP contribution in [-0.4, -0.2) is 39.4 Å². The molecule has 0 aromatic carbocycles. The number of nitrogens with zero attached hydrogens (tertiary/aromatic N) is 4. The van der Waals surface area contributed by atoms with Crippen LogP contribution in [0.4, 0.5) is 18.3 Å². The monoisotopic (exact) mass is 471 g/mol. The number of carbonyl (C=O) groups is 1. The highest BCUT2D eigenvalue weighted by Crippen LogP contribution is 2.42. The van der Waals surface area contributed by atoms with Crippen LogP contribution in [0.1, 0.15) is 34.9 Å². The number of hydrogen-bond donors (Lipinski definition) is 1. The van der Waals surface area contributed by atoms with E-state index < -0.39 is 17.5 Å². The summed E-state index contributed by atoms with van der Waals surface area (Å²) in [6, 6.07) is 3.21. The molecule has 3 rings (SSSR count). The molecule has 31 heavy (non-hydrogen) atoms. The Bertz CT molecular complexity index is 1130. The molecule has 0 aliphatic rings. The molecule has 0 aliphatic carbocycles. The molecule has 3 aromatic heterocycles. The highest BCUT2D eigenvalue weighted by Gasteiger charge is 2.51. The number of nitrogens with one attached hydrogen (secondary N) is 1. The van der Waals surface area contributed by atoms with E-state index in [-0.39, 0.29) is 20.9 Å². The number of aryl methyl sites for hydroxylation is 1. The van der Waals surface area contributed by atoms with Gasteiger partial charge in [0.05, 0.1) is 18.9 Å². The first kappa shape index (κ1) is 22.9. The second-order valence-corrected chi connectivity index (χ2v) is 8.43. The molecular formula is C19H17ClF3N5O2S. The van der Waals surface area contributed by atoms with Crippen molar-refractivity contribution in [3.05, 3.63) is 45.9 Å². The summed E-state index contributed by atoms with van der Waals surface area (Å²) in [7, 11) is 1.45. The van der Waals surface area contributed by atoms with Gasteiger partial charge in [-0.05, 0) is 32.9 Å². The van der Waals surface area contributed by atoms with Crippen molar-refractivity contribution in [1.29, 1.82) is 0 Å². The lowest BCUT2D eigenvalue weighted by Crippen LogP contribution is -2.36. The Morgan fingerprint density at radius 1 is 1.13 bits per heavy atom. The Balaban J connectivity index is 1.97. The summed E-state index contributed by atoms with van der Waals surface area (Å²) in [5.41, 5.74) is -0.448. The summed E-state index contributed by atoms with van der Waals surface area (Å²) < 4.78 is 45.1. The molecule has 164 valence electrons. The lowest BCUT2D eigenvalue weighted by molar-refractivity contribution is -0.180. The normalized spacial score (nSPS) is 12.0. The van der Waals surface area contributed by atoms with Gasteiger partial charge in [0.25, 0.3) is 5.91 Å². The van der Waals surface area contributed by atoms with Crippen molar-refractivity contribution in [2.24, 2.45) is 0 Å². The van der Waals surface area contributed by atoms with Crippen LogP contribution < -0.4 is 10.1 Å². The van der Waals surface area contributed by atoms with Gasteiger partial charge in [-0.1, -0.05) is 22.9 Å². The fourth-order valence-corrected chi connectivity index (χ4v) is 3.59. The standard InChI is InChI=1S/C19H17ClF3N5O2S/c1-9-5-10(11-6-14(20)25-8-13(11)30-4)12(7-24-9)15(29)26-17-28-27-16(31-17)18(2,3)19(21,22)23/h5-8H,1-4H3,(H,26,28,29). The first-order valence-corrected chi connectivity index (χ1v) is 10.0. The number of pyridine rings is 2. The first-order valence-electron chi connectivity index (χ1n) is 8.82. The number of halogens is 4. The minimum atomic E-state index is -4.51. The van der Waals surface area contributed by atoms with Crippen LogP contribution >= 0.6 is 22.9 Å². The van der Waals surface area contributed by atoms with Gasteiger partial charge in [0.1, 0.15) is 21.3 Å². The summed E-state index contributed by atoms with van der Waals surface area (Å²) in [5.74, 6) is -0.237. The van der Waals surface area contributed by atoms with Crippen LogP contribution in [0, 0.1) is 6.92 Å². The Hall–Kier alpha value is -2.79. The zero-order valence-electron chi connectivity index (χ0n) is 16.8. The van der Waals surface area contributed by atoms with Crippen LogP contribution in [0.2, 0.25) is 5.15 Å². The summed E-state index contributed by atoms with van der Waals surface area (Å²) in [4.78, 5) is 21.0. The fourth-order valence-electron chi connectivity index (χ4n) is 2.57. The Morgan fingerprint density at radius 3 is 2.48 bits per heavy atom. The summed E-state index contributed by atoms with van der Waals surface area (Å²) in [5, 5.41) is 9.65. The molecule has 0 spiro atoms. The molecule has 0 fully saturated rings. The van der Waals surface area contributed by atoms with E-state index in [1.807, 2.05) is 0 Å². The zero-order valence-corrected chi connectivity index (χ0v) is 18.4. The SMILES string of the molecule is COc1cnc(Cl)cc1-c1cc(C)ncc1C(=O)Nc1nnc(C(C)(C)C(F)(F)F)s1. The van der Waals surface area contributed by atoms with Crippen molar-refractivity contribution in [2.75, 3.05) is 12.4 Å². The van der Waals surface area contributed by atoms with E-state index in [1.54, 1.807) is 19.1 Å². The topological polar surface area (TPSA) is 89.9 Å². The maximum Gasteiger partial charge on any atom is 0.400 e. The molecule has 0 aliphatic heterocycles. The minimum Gasteiger partial charge on any atom is -0.494 e. The molecule has 0 atom stereocenters. The maximum absolute atomic E-state index is 13.3. The number of methoxy groups -OCH3 is 1. The van der Waals surface area contributed by atoms with E-state index in [2.05, 4.69) is 25.5 Å². The zero-order chi connectivity index (χ0) is 23.0. The van der Waals surface area contributed by atoms with Crippen LogP contribution in [0.3, 0.4) is 0 Å². The van der Waals surface area contributed by atoms with Crippen molar-refractivity contribution < 1.29 is 22.7 Å². The maximum atomic E-state index is 13.3. The molecule has 0 saturated carbocycles. The number of hydrogen-bond acceptors (Lipinski definition) is 7. The van der Waals surface area contributed by atoms with Crippen molar-refractivity contribution in [2.45, 2.75) is 32.4 Å². The van der Waals surface area contributed by atoms with Gasteiger partial charge in [-0.3, -0.25) is 15.1 Å². The molecule has 1 N–H and O–H groups in total. The molecule has 0 saturated heterocycles. The largest absolute Gasteiger partial charge is 0.494 e. The number of amides is 1. The molecule has 0 radical (unpaired) electrons. The van der Waals surface area contributed by atoms with Gasteiger partial charge in [0, 0.05) is 23.0 Å². The minimum absolute atomic E-state index is 0.0661. The average molecular weight is 472 g/mol. The van der Waals surface area contributed by atoms with Gasteiger partial charge < -0.3 is 4.74 Å². The van der Waals surface area contributed by atoms with Gasteiger partial charge in [0.2, 0.25) is 5.13 Å². The molecule has 3 aromatic rings. The number of rotatable bonds is 5. The number of aromatic nitrogens is 4. The fraction of sp³-hybridized carbons (Fsp3) is 0.316. The van der Waals surface area contributed by atoms with Gasteiger partial charge >= 0.3 is 6.18 Å². The molecule has 0 unspecified atom stereocenters. The molecule has 1 amide bonds.